The largest absolute Gasteiger partial charge is 0.306 e. The summed E-state index contributed by atoms with van der Waals surface area (Å²) >= 11 is 3.50. The maximum atomic E-state index is 14.0. The van der Waals surface area contributed by atoms with Crippen molar-refractivity contribution in [3.63, 3.8) is 0 Å². The van der Waals surface area contributed by atoms with Gasteiger partial charge in [0.2, 0.25) is 0 Å². The fourth-order valence-corrected chi connectivity index (χ4v) is 2.92. The van der Waals surface area contributed by atoms with Crippen molar-refractivity contribution in [3.8, 4) is 0 Å². The molecular weight excluding hydrogens is 324 g/mol. The van der Waals surface area contributed by atoms with E-state index in [0.717, 1.165) is 21.7 Å². The average Bonchev–Trinajstić information content (AvgIpc) is 2.40. The summed E-state index contributed by atoms with van der Waals surface area (Å²) in [4.78, 5) is 0. The first-order chi connectivity index (χ1) is 9.54. The van der Waals surface area contributed by atoms with Crippen molar-refractivity contribution < 1.29 is 8.78 Å². The Morgan fingerprint density at radius 3 is 2.55 bits per heavy atom. The summed E-state index contributed by atoms with van der Waals surface area (Å²) in [5.74, 6) is -1.63. The number of nitrogens with one attached hydrogen (secondary N) is 1. The second-order valence-electron chi connectivity index (χ2n) is 4.66. The number of aryl methyl sites for hydroxylation is 1. The third kappa shape index (κ3) is 3.07. The number of halogens is 3. The summed E-state index contributed by atoms with van der Waals surface area (Å²) in [7, 11) is 0. The van der Waals surface area contributed by atoms with Crippen molar-refractivity contribution in [2.75, 3.05) is 6.54 Å². The normalized spacial score (nSPS) is 12.4. The Morgan fingerprint density at radius 2 is 1.90 bits per heavy atom. The Bertz CT molecular complexity index is 613. The van der Waals surface area contributed by atoms with E-state index in [9.17, 15) is 8.78 Å². The van der Waals surface area contributed by atoms with Gasteiger partial charge in [0.1, 0.15) is 0 Å². The maximum absolute atomic E-state index is 14.0. The highest BCUT2D eigenvalue weighted by molar-refractivity contribution is 9.10. The molecule has 0 bridgehead atoms. The maximum Gasteiger partial charge on any atom is 0.163 e. The van der Waals surface area contributed by atoms with Crippen LogP contribution in [0, 0.1) is 18.6 Å². The third-order valence-electron chi connectivity index (χ3n) is 3.17. The molecule has 1 unspecified atom stereocenters. The van der Waals surface area contributed by atoms with Gasteiger partial charge in [-0.3, -0.25) is 0 Å². The number of hydrogen-bond donors (Lipinski definition) is 1. The van der Waals surface area contributed by atoms with Crippen LogP contribution in [0.1, 0.15) is 29.7 Å². The van der Waals surface area contributed by atoms with E-state index in [2.05, 4.69) is 21.2 Å². The standard InChI is InChI=1S/C16H16BrF2N/c1-3-20-16(11-8-7-10(2)9-13(11)17)12-5-4-6-14(18)15(12)19/h4-9,16,20H,3H2,1-2H3. The molecule has 0 radical (unpaired) electrons. The van der Waals surface area contributed by atoms with Crippen LogP contribution >= 0.6 is 15.9 Å². The van der Waals surface area contributed by atoms with Crippen LogP contribution in [0.5, 0.6) is 0 Å². The summed E-state index contributed by atoms with van der Waals surface area (Å²) in [6.07, 6.45) is 0. The average molecular weight is 340 g/mol. The molecule has 0 aliphatic rings. The molecule has 1 atom stereocenters. The van der Waals surface area contributed by atoms with Crippen molar-refractivity contribution in [2.24, 2.45) is 0 Å². The molecule has 0 aliphatic heterocycles. The highest BCUT2D eigenvalue weighted by Crippen LogP contribution is 2.31. The second-order valence-corrected chi connectivity index (χ2v) is 5.51. The quantitative estimate of drug-likeness (QED) is 0.848. The first-order valence-electron chi connectivity index (χ1n) is 6.48. The van der Waals surface area contributed by atoms with E-state index in [0.29, 0.717) is 12.1 Å². The van der Waals surface area contributed by atoms with Crippen molar-refractivity contribution in [1.29, 1.82) is 0 Å². The van der Waals surface area contributed by atoms with Gasteiger partial charge < -0.3 is 5.32 Å². The van der Waals surface area contributed by atoms with Gasteiger partial charge in [0.25, 0.3) is 0 Å². The van der Waals surface area contributed by atoms with Crippen LogP contribution in [0.2, 0.25) is 0 Å². The molecular formula is C16H16BrF2N. The topological polar surface area (TPSA) is 12.0 Å². The number of hydrogen-bond acceptors (Lipinski definition) is 1. The zero-order chi connectivity index (χ0) is 14.7. The van der Waals surface area contributed by atoms with Gasteiger partial charge in [-0.15, -0.1) is 0 Å². The van der Waals surface area contributed by atoms with Crippen LogP contribution in [0.4, 0.5) is 8.78 Å². The molecule has 1 nitrogen and oxygen atoms in total. The molecule has 0 spiro atoms. The molecule has 0 aliphatic carbocycles. The fourth-order valence-electron chi connectivity index (χ4n) is 2.20. The van der Waals surface area contributed by atoms with Gasteiger partial charge >= 0.3 is 0 Å². The predicted molar refractivity (Wildman–Crippen MR) is 80.8 cm³/mol. The molecule has 0 amide bonds. The zero-order valence-corrected chi connectivity index (χ0v) is 13.0. The lowest BCUT2D eigenvalue weighted by molar-refractivity contribution is 0.483. The lowest BCUT2D eigenvalue weighted by Gasteiger charge is -2.21. The molecule has 2 aromatic rings. The van der Waals surface area contributed by atoms with Gasteiger partial charge in [-0.1, -0.05) is 47.1 Å². The molecule has 20 heavy (non-hydrogen) atoms. The minimum absolute atomic E-state index is 0.316. The van der Waals surface area contributed by atoms with Gasteiger partial charge in [0, 0.05) is 10.0 Å². The zero-order valence-electron chi connectivity index (χ0n) is 11.4. The molecule has 0 saturated carbocycles. The van der Waals surface area contributed by atoms with Crippen LogP contribution in [-0.2, 0) is 0 Å². The van der Waals surface area contributed by atoms with E-state index in [4.69, 9.17) is 0 Å². The molecule has 4 heteroatoms. The van der Waals surface area contributed by atoms with Gasteiger partial charge in [-0.05, 0) is 36.7 Å². The monoisotopic (exact) mass is 339 g/mol. The summed E-state index contributed by atoms with van der Waals surface area (Å²) < 4.78 is 28.4. The minimum atomic E-state index is -0.825. The lowest BCUT2D eigenvalue weighted by atomic mass is 9.97. The highest BCUT2D eigenvalue weighted by Gasteiger charge is 2.21. The van der Waals surface area contributed by atoms with Crippen molar-refractivity contribution in [1.82, 2.24) is 5.32 Å². The van der Waals surface area contributed by atoms with E-state index in [1.165, 1.54) is 6.07 Å². The van der Waals surface area contributed by atoms with E-state index in [1.54, 1.807) is 6.07 Å². The smallest absolute Gasteiger partial charge is 0.163 e. The van der Waals surface area contributed by atoms with Crippen LogP contribution in [0.25, 0.3) is 0 Å². The second kappa shape index (κ2) is 6.46. The first kappa shape index (κ1) is 15.1. The van der Waals surface area contributed by atoms with Crippen molar-refractivity contribution in [2.45, 2.75) is 19.9 Å². The van der Waals surface area contributed by atoms with Gasteiger partial charge in [-0.2, -0.15) is 0 Å². The molecule has 0 fully saturated rings. The van der Waals surface area contributed by atoms with Crippen LogP contribution in [0.3, 0.4) is 0 Å². The highest BCUT2D eigenvalue weighted by atomic mass is 79.9. The molecule has 0 heterocycles. The molecule has 1 N–H and O–H groups in total. The van der Waals surface area contributed by atoms with E-state index in [1.807, 2.05) is 32.0 Å². The Balaban J connectivity index is 2.53. The van der Waals surface area contributed by atoms with Crippen LogP contribution < -0.4 is 5.32 Å². The summed E-state index contributed by atoms with van der Waals surface area (Å²) in [5, 5.41) is 3.21. The Hall–Kier alpha value is -1.26. The molecule has 106 valence electrons. The summed E-state index contributed by atoms with van der Waals surface area (Å²) in [6, 6.07) is 9.74. The van der Waals surface area contributed by atoms with E-state index >= 15 is 0 Å². The Kier molecular flexibility index (Phi) is 4.89. The first-order valence-corrected chi connectivity index (χ1v) is 7.27. The number of benzene rings is 2. The van der Waals surface area contributed by atoms with Crippen LogP contribution in [0.15, 0.2) is 40.9 Å². The Labute approximate surface area is 126 Å². The Morgan fingerprint density at radius 1 is 1.15 bits per heavy atom. The van der Waals surface area contributed by atoms with E-state index < -0.39 is 11.6 Å². The third-order valence-corrected chi connectivity index (χ3v) is 3.85. The van der Waals surface area contributed by atoms with Gasteiger partial charge in [-0.25, -0.2) is 8.78 Å². The van der Waals surface area contributed by atoms with Crippen molar-refractivity contribution in [3.05, 3.63) is 69.2 Å². The fraction of sp³-hybridized carbons (Fsp3) is 0.250. The minimum Gasteiger partial charge on any atom is -0.306 e. The molecule has 0 saturated heterocycles. The molecule has 2 rings (SSSR count). The predicted octanol–water partition coefficient (Wildman–Crippen LogP) is 4.73. The SMILES string of the molecule is CCNC(c1ccc(C)cc1Br)c1cccc(F)c1F. The van der Waals surface area contributed by atoms with E-state index in [-0.39, 0.29) is 6.04 Å². The molecule has 2 aromatic carbocycles. The summed E-state index contributed by atoms with van der Waals surface area (Å²) in [5.41, 5.74) is 2.31. The van der Waals surface area contributed by atoms with Gasteiger partial charge in [0.15, 0.2) is 11.6 Å². The molecule has 0 aromatic heterocycles. The van der Waals surface area contributed by atoms with Crippen molar-refractivity contribution >= 4 is 15.9 Å². The lowest BCUT2D eigenvalue weighted by Crippen LogP contribution is -2.23. The van der Waals surface area contributed by atoms with Gasteiger partial charge in [0.05, 0.1) is 6.04 Å². The van der Waals surface area contributed by atoms with Crippen LogP contribution in [-0.4, -0.2) is 6.54 Å². The number of rotatable bonds is 4. The summed E-state index contributed by atoms with van der Waals surface area (Å²) in [6.45, 7) is 4.58.